The second-order valence-corrected chi connectivity index (χ2v) is 3.39. The lowest BCUT2D eigenvalue weighted by atomic mass is 10.2. The summed E-state index contributed by atoms with van der Waals surface area (Å²) in [5, 5.41) is 8.58. The first-order chi connectivity index (χ1) is 8.91. The van der Waals surface area contributed by atoms with Gasteiger partial charge in [0.2, 0.25) is 0 Å². The second-order valence-electron chi connectivity index (χ2n) is 3.39. The summed E-state index contributed by atoms with van der Waals surface area (Å²) in [6, 6.07) is 0. The number of rotatable bonds is 7. The first-order valence-electron chi connectivity index (χ1n) is 5.95. The summed E-state index contributed by atoms with van der Waals surface area (Å²) >= 11 is 0. The molecule has 0 spiro atoms. The van der Waals surface area contributed by atoms with E-state index in [4.69, 9.17) is 5.11 Å². The van der Waals surface area contributed by atoms with Crippen LogP contribution in [0.4, 0.5) is 0 Å². The molecule has 2 heteroatoms. The quantitative estimate of drug-likeness (QED) is 0.245. The lowest BCUT2D eigenvalue weighted by molar-refractivity contribution is -0.104. The molecule has 0 aromatic heterocycles. The van der Waals surface area contributed by atoms with Gasteiger partial charge in [0.15, 0.2) is 0 Å². The van der Waals surface area contributed by atoms with Crippen LogP contribution in [0.3, 0.4) is 0 Å². The van der Waals surface area contributed by atoms with E-state index < -0.39 is 0 Å². The standard InChI is InChI=1S/C16H18O2/c17-15-13-11-9-7-5-3-1-2-4-6-8-10-12-14-16-18/h1-3,5,12,14,16-17H,7,9,11,13,15H2/b2-1+,5-3+,14-12+. The van der Waals surface area contributed by atoms with E-state index in [2.05, 4.69) is 29.8 Å². The predicted octanol–water partition coefficient (Wildman–Crippen LogP) is 2.41. The Hall–Kier alpha value is -2.03. The summed E-state index contributed by atoms with van der Waals surface area (Å²) in [5.74, 6) is 10.6. The van der Waals surface area contributed by atoms with E-state index in [1.54, 1.807) is 6.08 Å². The minimum absolute atomic E-state index is 0.280. The van der Waals surface area contributed by atoms with E-state index in [0.29, 0.717) is 6.29 Å². The number of carbonyl (C=O) groups excluding carboxylic acids is 1. The molecule has 0 amide bonds. The highest BCUT2D eigenvalue weighted by atomic mass is 16.2. The molecule has 0 heterocycles. The molecule has 0 rings (SSSR count). The molecular weight excluding hydrogens is 224 g/mol. The van der Waals surface area contributed by atoms with E-state index in [9.17, 15) is 4.79 Å². The van der Waals surface area contributed by atoms with Crippen LogP contribution in [-0.4, -0.2) is 18.0 Å². The zero-order valence-electron chi connectivity index (χ0n) is 10.4. The van der Waals surface area contributed by atoms with Crippen molar-refractivity contribution in [3.05, 3.63) is 36.5 Å². The Labute approximate surface area is 109 Å². The first kappa shape index (κ1) is 16.0. The van der Waals surface area contributed by atoms with Crippen LogP contribution in [0.2, 0.25) is 0 Å². The molecule has 0 aliphatic heterocycles. The highest BCUT2D eigenvalue weighted by Crippen LogP contribution is 1.99. The van der Waals surface area contributed by atoms with Gasteiger partial charge in [0, 0.05) is 6.61 Å². The van der Waals surface area contributed by atoms with Crippen molar-refractivity contribution < 1.29 is 9.90 Å². The Bertz CT molecular complexity index is 406. The monoisotopic (exact) mass is 242 g/mol. The molecule has 94 valence electrons. The molecule has 18 heavy (non-hydrogen) atoms. The summed E-state index contributed by atoms with van der Waals surface area (Å²) in [4.78, 5) is 9.90. The van der Waals surface area contributed by atoms with E-state index >= 15 is 0 Å². The average Bonchev–Trinajstić information content (AvgIpc) is 2.39. The van der Waals surface area contributed by atoms with Crippen molar-refractivity contribution >= 4 is 6.29 Å². The summed E-state index contributed by atoms with van der Waals surface area (Å²) in [6.45, 7) is 0.280. The molecule has 0 saturated heterocycles. The maximum absolute atomic E-state index is 9.90. The van der Waals surface area contributed by atoms with E-state index in [1.807, 2.05) is 12.2 Å². The molecule has 0 atom stereocenters. The molecule has 0 radical (unpaired) electrons. The van der Waals surface area contributed by atoms with Gasteiger partial charge in [0.25, 0.3) is 0 Å². The molecule has 0 saturated carbocycles. The Balaban J connectivity index is 3.66. The van der Waals surface area contributed by atoms with Gasteiger partial charge in [-0.1, -0.05) is 36.5 Å². The smallest absolute Gasteiger partial charge is 0.143 e. The van der Waals surface area contributed by atoms with Crippen molar-refractivity contribution in [2.24, 2.45) is 0 Å². The molecule has 0 aromatic rings. The van der Waals surface area contributed by atoms with Gasteiger partial charge in [0.1, 0.15) is 6.29 Å². The van der Waals surface area contributed by atoms with Crippen molar-refractivity contribution in [3.8, 4) is 23.7 Å². The highest BCUT2D eigenvalue weighted by molar-refractivity contribution is 5.65. The third-order valence-electron chi connectivity index (χ3n) is 1.92. The average molecular weight is 242 g/mol. The molecule has 2 nitrogen and oxygen atoms in total. The van der Waals surface area contributed by atoms with Crippen LogP contribution in [-0.2, 0) is 4.79 Å². The third-order valence-corrected chi connectivity index (χ3v) is 1.92. The van der Waals surface area contributed by atoms with Gasteiger partial charge in [-0.15, -0.1) is 0 Å². The minimum Gasteiger partial charge on any atom is -0.396 e. The number of unbranched alkanes of at least 4 members (excludes halogenated alkanes) is 3. The van der Waals surface area contributed by atoms with Crippen LogP contribution in [0.15, 0.2) is 36.5 Å². The summed E-state index contributed by atoms with van der Waals surface area (Å²) in [5.41, 5.74) is 0. The maximum Gasteiger partial charge on any atom is 0.143 e. The molecule has 0 fully saturated rings. The summed E-state index contributed by atoms with van der Waals surface area (Å²) < 4.78 is 0. The Morgan fingerprint density at radius 1 is 0.889 bits per heavy atom. The third kappa shape index (κ3) is 14.0. The fraction of sp³-hybridized carbons (Fsp3) is 0.312. The Morgan fingerprint density at radius 3 is 2.28 bits per heavy atom. The zero-order chi connectivity index (χ0) is 13.3. The molecule has 0 unspecified atom stereocenters. The summed E-state index contributed by atoms with van der Waals surface area (Å²) in [7, 11) is 0. The van der Waals surface area contributed by atoms with Crippen LogP contribution < -0.4 is 0 Å². The fourth-order valence-corrected chi connectivity index (χ4v) is 1.07. The van der Waals surface area contributed by atoms with Crippen LogP contribution in [0.25, 0.3) is 0 Å². The number of hydrogen-bond donors (Lipinski definition) is 1. The van der Waals surface area contributed by atoms with Gasteiger partial charge in [-0.3, -0.25) is 4.79 Å². The highest BCUT2D eigenvalue weighted by Gasteiger charge is 1.83. The number of hydrogen-bond acceptors (Lipinski definition) is 2. The van der Waals surface area contributed by atoms with Crippen LogP contribution in [0, 0.1) is 23.7 Å². The largest absolute Gasteiger partial charge is 0.396 e. The van der Waals surface area contributed by atoms with Crippen LogP contribution in [0.5, 0.6) is 0 Å². The molecule has 0 aliphatic rings. The van der Waals surface area contributed by atoms with Gasteiger partial charge in [0.05, 0.1) is 0 Å². The molecule has 0 aliphatic carbocycles. The Morgan fingerprint density at radius 2 is 1.61 bits per heavy atom. The molecular formula is C16H18O2. The first-order valence-corrected chi connectivity index (χ1v) is 5.95. The fourth-order valence-electron chi connectivity index (χ4n) is 1.07. The van der Waals surface area contributed by atoms with Gasteiger partial charge in [-0.05, 0) is 49.3 Å². The van der Waals surface area contributed by atoms with Crippen LogP contribution >= 0.6 is 0 Å². The SMILES string of the molecule is O=C/C=C/C#CC#C/C=C/C=C/CCCCCO. The number of aldehydes is 1. The van der Waals surface area contributed by atoms with Crippen molar-refractivity contribution in [1.29, 1.82) is 0 Å². The summed E-state index contributed by atoms with van der Waals surface area (Å²) in [6.07, 6.45) is 15.1. The molecule has 0 bridgehead atoms. The zero-order valence-corrected chi connectivity index (χ0v) is 10.4. The molecule has 0 aromatic carbocycles. The normalized spacial score (nSPS) is 10.3. The van der Waals surface area contributed by atoms with Gasteiger partial charge >= 0.3 is 0 Å². The van der Waals surface area contributed by atoms with Gasteiger partial charge < -0.3 is 5.11 Å². The minimum atomic E-state index is 0.280. The lowest BCUT2D eigenvalue weighted by Crippen LogP contribution is -1.81. The maximum atomic E-state index is 9.90. The Kier molecular flexibility index (Phi) is 13.3. The topological polar surface area (TPSA) is 37.3 Å². The van der Waals surface area contributed by atoms with Crippen molar-refractivity contribution in [2.75, 3.05) is 6.61 Å². The molecule has 1 N–H and O–H groups in total. The van der Waals surface area contributed by atoms with Gasteiger partial charge in [-0.25, -0.2) is 0 Å². The van der Waals surface area contributed by atoms with Crippen molar-refractivity contribution in [1.82, 2.24) is 0 Å². The second kappa shape index (κ2) is 15.0. The van der Waals surface area contributed by atoms with E-state index in [0.717, 1.165) is 25.7 Å². The number of carbonyl (C=O) groups is 1. The van der Waals surface area contributed by atoms with E-state index in [-0.39, 0.29) is 6.61 Å². The van der Waals surface area contributed by atoms with E-state index in [1.165, 1.54) is 12.2 Å². The van der Waals surface area contributed by atoms with Crippen molar-refractivity contribution in [3.63, 3.8) is 0 Å². The van der Waals surface area contributed by atoms with Gasteiger partial charge in [-0.2, -0.15) is 0 Å². The number of allylic oxidation sites excluding steroid dienone is 6. The predicted molar refractivity (Wildman–Crippen MR) is 74.6 cm³/mol. The number of aliphatic hydroxyl groups is 1. The van der Waals surface area contributed by atoms with Crippen LogP contribution in [0.1, 0.15) is 25.7 Å². The van der Waals surface area contributed by atoms with Crippen molar-refractivity contribution in [2.45, 2.75) is 25.7 Å². The lowest BCUT2D eigenvalue weighted by Gasteiger charge is -1.92. The number of aliphatic hydroxyl groups excluding tert-OH is 1.